The van der Waals surface area contributed by atoms with E-state index in [-0.39, 0.29) is 28.7 Å². The monoisotopic (exact) mass is 506 g/mol. The highest BCUT2D eigenvalue weighted by atomic mass is 127. The first kappa shape index (κ1) is 24.4. The smallest absolute Gasteiger partial charge is 0.193 e. The Morgan fingerprint density at radius 3 is 2.59 bits per heavy atom. The Morgan fingerprint density at radius 1 is 1.30 bits per heavy atom. The van der Waals surface area contributed by atoms with Crippen molar-refractivity contribution in [2.24, 2.45) is 4.99 Å². The molecule has 0 aromatic heterocycles. The van der Waals surface area contributed by atoms with Gasteiger partial charge in [-0.1, -0.05) is 12.1 Å². The number of hydrogen-bond donors (Lipinski definition) is 1. The molecule has 2 rings (SSSR count). The van der Waals surface area contributed by atoms with Crippen molar-refractivity contribution in [3.63, 3.8) is 0 Å². The predicted molar refractivity (Wildman–Crippen MR) is 129 cm³/mol. The molecule has 1 aliphatic heterocycles. The quantitative estimate of drug-likeness (QED) is 0.265. The van der Waals surface area contributed by atoms with E-state index in [1.807, 2.05) is 18.8 Å². The lowest BCUT2D eigenvalue weighted by Gasteiger charge is -2.39. The van der Waals surface area contributed by atoms with Crippen LogP contribution in [0.3, 0.4) is 0 Å². The lowest BCUT2D eigenvalue weighted by molar-refractivity contribution is 0.281. The van der Waals surface area contributed by atoms with Crippen molar-refractivity contribution < 1.29 is 4.74 Å². The highest BCUT2D eigenvalue weighted by molar-refractivity contribution is 14.0. The van der Waals surface area contributed by atoms with Crippen molar-refractivity contribution in [2.75, 3.05) is 53.1 Å². The van der Waals surface area contributed by atoms with Crippen molar-refractivity contribution in [1.82, 2.24) is 15.1 Å². The van der Waals surface area contributed by atoms with Gasteiger partial charge in [-0.2, -0.15) is 11.8 Å². The fourth-order valence-electron chi connectivity index (χ4n) is 2.98. The first-order valence-corrected chi connectivity index (χ1v) is 10.3. The molecule has 1 fully saturated rings. The number of nitrogens with zero attached hydrogens (tertiary/aromatic N) is 3. The molecule has 1 saturated heterocycles. The Bertz CT molecular complexity index is 578. The lowest BCUT2D eigenvalue weighted by atomic mass is 10.2. The maximum atomic E-state index is 5.79. The Hall–Kier alpha value is -0.670. The number of nitrogens with one attached hydrogen (secondary N) is 1. The highest BCUT2D eigenvalue weighted by Crippen LogP contribution is 2.29. The minimum absolute atomic E-state index is 0. The Labute approximate surface area is 186 Å². The second-order valence-electron chi connectivity index (χ2n) is 7.58. The molecule has 0 amide bonds. The van der Waals surface area contributed by atoms with Crippen LogP contribution in [0.2, 0.25) is 0 Å². The van der Waals surface area contributed by atoms with Crippen LogP contribution < -0.4 is 10.1 Å². The van der Waals surface area contributed by atoms with Gasteiger partial charge in [-0.15, -0.1) is 24.0 Å². The molecule has 1 N–H and O–H groups in total. The van der Waals surface area contributed by atoms with E-state index in [9.17, 15) is 0 Å². The number of rotatable bonds is 7. The second-order valence-corrected chi connectivity index (χ2v) is 9.38. The minimum Gasteiger partial charge on any atom is -0.494 e. The first-order chi connectivity index (χ1) is 12.4. The molecule has 0 aliphatic carbocycles. The molecule has 1 aromatic carbocycles. The number of guanidine groups is 1. The van der Waals surface area contributed by atoms with Crippen LogP contribution >= 0.6 is 35.7 Å². The summed E-state index contributed by atoms with van der Waals surface area (Å²) in [5, 5.41) is 3.50. The van der Waals surface area contributed by atoms with Gasteiger partial charge in [0.15, 0.2) is 5.96 Å². The molecule has 0 spiro atoms. The number of benzene rings is 1. The maximum Gasteiger partial charge on any atom is 0.193 e. The summed E-state index contributed by atoms with van der Waals surface area (Å²) in [7, 11) is 6.03. The number of ether oxygens (including phenoxy) is 1. The molecular formula is C20H35IN4OS. The van der Waals surface area contributed by atoms with Crippen LogP contribution in [-0.2, 0) is 6.54 Å². The van der Waals surface area contributed by atoms with Gasteiger partial charge in [-0.3, -0.25) is 4.99 Å². The van der Waals surface area contributed by atoms with Crippen molar-refractivity contribution in [1.29, 1.82) is 0 Å². The number of aliphatic imine (C=N–C) groups is 1. The Morgan fingerprint density at radius 2 is 2.00 bits per heavy atom. The summed E-state index contributed by atoms with van der Waals surface area (Å²) < 4.78 is 6.07. The average Bonchev–Trinajstić information content (AvgIpc) is 2.59. The number of thioether (sulfide) groups is 1. The fraction of sp³-hybridized carbons (Fsp3) is 0.650. The van der Waals surface area contributed by atoms with Gasteiger partial charge in [0, 0.05) is 43.7 Å². The second kappa shape index (κ2) is 12.0. The molecule has 1 heterocycles. The molecule has 0 unspecified atom stereocenters. The van der Waals surface area contributed by atoms with Crippen molar-refractivity contribution >= 4 is 41.7 Å². The first-order valence-electron chi connectivity index (χ1n) is 9.36. The van der Waals surface area contributed by atoms with E-state index in [2.05, 4.69) is 72.3 Å². The molecule has 0 radical (unpaired) electrons. The van der Waals surface area contributed by atoms with Crippen molar-refractivity contribution in [3.05, 3.63) is 29.8 Å². The fourth-order valence-corrected chi connectivity index (χ4v) is 4.10. The zero-order valence-corrected chi connectivity index (χ0v) is 20.5. The van der Waals surface area contributed by atoms with Crippen LogP contribution in [0.4, 0.5) is 0 Å². The van der Waals surface area contributed by atoms with Gasteiger partial charge < -0.3 is 19.9 Å². The summed E-state index contributed by atoms with van der Waals surface area (Å²) in [5.74, 6) is 3.07. The van der Waals surface area contributed by atoms with Crippen LogP contribution in [0, 0.1) is 0 Å². The summed E-state index contributed by atoms with van der Waals surface area (Å²) in [6, 6.07) is 8.35. The minimum atomic E-state index is 0. The van der Waals surface area contributed by atoms with Gasteiger partial charge in [0.1, 0.15) is 5.75 Å². The third-order valence-corrected chi connectivity index (χ3v) is 5.63. The van der Waals surface area contributed by atoms with Gasteiger partial charge in [0.2, 0.25) is 0 Å². The average molecular weight is 506 g/mol. The summed E-state index contributed by atoms with van der Waals surface area (Å²) in [4.78, 5) is 9.00. The van der Waals surface area contributed by atoms with Gasteiger partial charge >= 0.3 is 0 Å². The van der Waals surface area contributed by atoms with E-state index in [1.54, 1.807) is 0 Å². The molecule has 7 heteroatoms. The molecule has 1 aromatic rings. The number of hydrogen-bond acceptors (Lipinski definition) is 4. The van der Waals surface area contributed by atoms with Crippen LogP contribution in [0.15, 0.2) is 29.3 Å². The van der Waals surface area contributed by atoms with Crippen LogP contribution in [0.1, 0.15) is 25.8 Å². The van der Waals surface area contributed by atoms with E-state index in [0.717, 1.165) is 56.7 Å². The topological polar surface area (TPSA) is 40.1 Å². The van der Waals surface area contributed by atoms with E-state index >= 15 is 0 Å². The molecule has 1 aliphatic rings. The zero-order valence-electron chi connectivity index (χ0n) is 17.3. The van der Waals surface area contributed by atoms with Crippen LogP contribution in [0.5, 0.6) is 5.75 Å². The standard InChI is InChI=1S/C20H34N4OS.HI/c1-20(2)16-24(12-14-26-20)19(21-3)22-15-17-7-9-18(10-8-17)25-13-6-11-23(4)5;/h7-10H,6,11-16H2,1-5H3,(H,21,22);1H. The van der Waals surface area contributed by atoms with Crippen molar-refractivity contribution in [3.8, 4) is 5.75 Å². The summed E-state index contributed by atoms with van der Waals surface area (Å²) in [6.07, 6.45) is 1.04. The summed E-state index contributed by atoms with van der Waals surface area (Å²) >= 11 is 2.04. The molecular weight excluding hydrogens is 471 g/mol. The van der Waals surface area contributed by atoms with E-state index in [4.69, 9.17) is 4.74 Å². The van der Waals surface area contributed by atoms with E-state index < -0.39 is 0 Å². The summed E-state index contributed by atoms with van der Waals surface area (Å²) in [6.45, 7) is 9.25. The zero-order chi connectivity index (χ0) is 19.0. The highest BCUT2D eigenvalue weighted by Gasteiger charge is 2.28. The summed E-state index contributed by atoms with van der Waals surface area (Å²) in [5.41, 5.74) is 1.23. The normalized spacial score (nSPS) is 16.8. The Balaban J connectivity index is 0.00000364. The SMILES string of the molecule is CN=C(NCc1ccc(OCCCN(C)C)cc1)N1CCSC(C)(C)C1.I. The van der Waals surface area contributed by atoms with Crippen LogP contribution in [-0.4, -0.2) is 73.6 Å². The molecule has 0 bridgehead atoms. The molecule has 0 saturated carbocycles. The van der Waals surface area contributed by atoms with Gasteiger partial charge in [0.25, 0.3) is 0 Å². The predicted octanol–water partition coefficient (Wildman–Crippen LogP) is 3.54. The Kier molecular flexibility index (Phi) is 10.8. The van der Waals surface area contributed by atoms with Gasteiger partial charge in [-0.25, -0.2) is 0 Å². The number of halogens is 1. The van der Waals surface area contributed by atoms with Gasteiger partial charge in [-0.05, 0) is 52.1 Å². The van der Waals surface area contributed by atoms with Crippen LogP contribution in [0.25, 0.3) is 0 Å². The van der Waals surface area contributed by atoms with E-state index in [0.29, 0.717) is 0 Å². The molecule has 27 heavy (non-hydrogen) atoms. The maximum absolute atomic E-state index is 5.79. The largest absolute Gasteiger partial charge is 0.494 e. The van der Waals surface area contributed by atoms with E-state index in [1.165, 1.54) is 5.56 Å². The molecule has 154 valence electrons. The molecule has 0 atom stereocenters. The third kappa shape index (κ3) is 8.91. The lowest BCUT2D eigenvalue weighted by Crippen LogP contribution is -2.50. The molecule has 5 nitrogen and oxygen atoms in total. The van der Waals surface area contributed by atoms with Gasteiger partial charge in [0.05, 0.1) is 6.61 Å². The van der Waals surface area contributed by atoms with Crippen molar-refractivity contribution in [2.45, 2.75) is 31.6 Å². The third-order valence-electron chi connectivity index (χ3n) is 4.33.